The van der Waals surface area contributed by atoms with E-state index in [0.29, 0.717) is 11.5 Å². The minimum atomic E-state index is -3.37. The summed E-state index contributed by atoms with van der Waals surface area (Å²) in [6.07, 6.45) is 103. The van der Waals surface area contributed by atoms with Crippen molar-refractivity contribution in [2.45, 2.75) is 510 Å². The van der Waals surface area contributed by atoms with E-state index in [1.54, 1.807) is 38.5 Å². The molecule has 9 unspecified atom stereocenters. The molecule has 0 saturated heterocycles. The van der Waals surface area contributed by atoms with Crippen LogP contribution < -0.4 is 5.32 Å². The van der Waals surface area contributed by atoms with Gasteiger partial charge in [-0.1, -0.05) is 477 Å². The highest BCUT2D eigenvalue weighted by molar-refractivity contribution is 8.77. The molecule has 1 N–H and O–H groups in total. The maximum absolute atomic E-state index is 10.6. The fraction of sp³-hybridized carbons (Fsp3) is 1.00. The van der Waals surface area contributed by atoms with E-state index in [2.05, 4.69) is 108 Å². The topological polar surface area (TPSA) is 105 Å². The van der Waals surface area contributed by atoms with Crippen molar-refractivity contribution >= 4 is 63.4 Å². The van der Waals surface area contributed by atoms with Crippen LogP contribution in [0.15, 0.2) is 0 Å². The van der Waals surface area contributed by atoms with Crippen molar-refractivity contribution in [3.05, 3.63) is 0 Å². The Morgan fingerprint density at radius 2 is 0.478 bits per heavy atom. The molecule has 0 amide bonds. The Bertz CT molecular complexity index is 2040. The maximum atomic E-state index is 10.6. The summed E-state index contributed by atoms with van der Waals surface area (Å²) in [4.78, 5) is 5.57. The zero-order chi connectivity index (χ0) is 81.7. The lowest BCUT2D eigenvalue weighted by Crippen LogP contribution is -2.34. The molecule has 3 saturated carbocycles. The van der Waals surface area contributed by atoms with Gasteiger partial charge >= 0.3 is 0 Å². The molecule has 3 fully saturated rings. The summed E-state index contributed by atoms with van der Waals surface area (Å²) in [5.41, 5.74) is 0. The number of hydrogen-bond donors (Lipinski definition) is 1. The van der Waals surface area contributed by atoms with Crippen molar-refractivity contribution in [3.63, 3.8) is 0 Å². The van der Waals surface area contributed by atoms with E-state index in [1.165, 1.54) is 451 Å². The van der Waals surface area contributed by atoms with Gasteiger partial charge in [-0.25, -0.2) is 0 Å². The average molecular weight is 1710 g/mol. The fourth-order valence-corrected chi connectivity index (χ4v) is 22.4. The molecular formula is C98H201N3O6S6. The summed E-state index contributed by atoms with van der Waals surface area (Å²) in [6.45, 7) is 16.7. The van der Waals surface area contributed by atoms with E-state index in [9.17, 15) is 16.8 Å². The smallest absolute Gasteiger partial charge is 0.264 e. The summed E-state index contributed by atoms with van der Waals surface area (Å²) in [7, 11) is 7.50. The predicted octanol–water partition coefficient (Wildman–Crippen LogP) is 32.3. The minimum absolute atomic E-state index is 0. The van der Waals surface area contributed by atoms with Gasteiger partial charge in [0.15, 0.2) is 0 Å². The SMILES string of the molecule is C.CCCCCCCCCC(CCCCCCCC1CC1CCCCCCCC)N(C)CCSSCCN(C)C(CCCCCCCCC)CCCCCCCC1CC1CCCCCCCC.CCCCCCCCCC(CCCCCCCC1CC1CCCCCCCC)NC.CS(=O)(=O)OCCSSCCOS(C)(=O)=O. The van der Waals surface area contributed by atoms with Crippen LogP contribution in [0.4, 0.5) is 0 Å². The van der Waals surface area contributed by atoms with E-state index in [-0.39, 0.29) is 20.6 Å². The molecule has 0 heterocycles. The molecule has 3 rings (SSSR count). The fourth-order valence-electron chi connectivity index (χ4n) is 17.6. The van der Waals surface area contributed by atoms with Crippen LogP contribution in [-0.2, 0) is 28.6 Å². The Labute approximate surface area is 726 Å². The molecule has 0 radical (unpaired) electrons. The Kier molecular flexibility index (Phi) is 84.8. The van der Waals surface area contributed by atoms with Crippen molar-refractivity contribution in [1.29, 1.82) is 0 Å². The van der Waals surface area contributed by atoms with Gasteiger partial charge in [0.2, 0.25) is 0 Å². The number of hydrogen-bond acceptors (Lipinski definition) is 13. The van der Waals surface area contributed by atoms with Gasteiger partial charge in [-0.15, -0.1) is 0 Å². The molecule has 0 bridgehead atoms. The third-order valence-corrected chi connectivity index (χ3v) is 31.5. The van der Waals surface area contributed by atoms with E-state index in [1.807, 2.05) is 0 Å². The number of unbranched alkanes of at least 4 members (excludes halogenated alkanes) is 45. The van der Waals surface area contributed by atoms with Crippen molar-refractivity contribution in [3.8, 4) is 0 Å². The molecular weight excluding hydrogens is 1510 g/mol. The van der Waals surface area contributed by atoms with Gasteiger partial charge in [-0.3, -0.25) is 8.37 Å². The Hall–Kier alpha value is 1.10. The van der Waals surface area contributed by atoms with Crippen molar-refractivity contribution in [2.24, 2.45) is 35.5 Å². The molecule has 15 heteroatoms. The van der Waals surface area contributed by atoms with E-state index >= 15 is 0 Å². The summed E-state index contributed by atoms with van der Waals surface area (Å²) in [6, 6.07) is 2.36. The molecule has 0 spiro atoms. The van der Waals surface area contributed by atoms with Crippen LogP contribution in [0, 0.1) is 35.5 Å². The maximum Gasteiger partial charge on any atom is 0.264 e. The van der Waals surface area contributed by atoms with E-state index < -0.39 is 20.2 Å². The number of nitrogens with zero attached hydrogens (tertiary/aromatic N) is 2. The molecule has 9 nitrogen and oxygen atoms in total. The lowest BCUT2D eigenvalue weighted by molar-refractivity contribution is 0.220. The van der Waals surface area contributed by atoms with Gasteiger partial charge in [0.1, 0.15) is 0 Å². The van der Waals surface area contributed by atoms with Crippen LogP contribution in [0.3, 0.4) is 0 Å². The van der Waals surface area contributed by atoms with Crippen LogP contribution >= 0.6 is 43.2 Å². The number of nitrogens with one attached hydrogen (secondary N) is 1. The van der Waals surface area contributed by atoms with Gasteiger partial charge < -0.3 is 15.1 Å². The first-order chi connectivity index (χ1) is 54.6. The minimum Gasteiger partial charge on any atom is -0.317 e. The van der Waals surface area contributed by atoms with Crippen LogP contribution in [0.25, 0.3) is 0 Å². The van der Waals surface area contributed by atoms with Crippen LogP contribution in [-0.4, -0.2) is 128 Å². The highest BCUT2D eigenvalue weighted by Gasteiger charge is 2.37. The first kappa shape index (κ1) is 114. The highest BCUT2D eigenvalue weighted by atomic mass is 33.1. The quantitative estimate of drug-likeness (QED) is 0.0355. The summed E-state index contributed by atoms with van der Waals surface area (Å²) in [5, 5.41) is 3.57. The molecule has 0 aromatic rings. The summed E-state index contributed by atoms with van der Waals surface area (Å²) in [5.74, 6) is 10.3. The Morgan fingerprint density at radius 1 is 0.292 bits per heavy atom. The van der Waals surface area contributed by atoms with Crippen LogP contribution in [0.5, 0.6) is 0 Å². The zero-order valence-electron chi connectivity index (χ0n) is 76.9. The summed E-state index contributed by atoms with van der Waals surface area (Å²) >= 11 is 0. The third-order valence-electron chi connectivity index (χ3n) is 25.6. The predicted molar refractivity (Wildman–Crippen MR) is 517 cm³/mol. The van der Waals surface area contributed by atoms with Gasteiger partial charge in [0, 0.05) is 54.2 Å². The average Bonchev–Trinajstić information content (AvgIpc) is 1.72. The lowest BCUT2D eigenvalue weighted by Gasteiger charge is -2.29. The van der Waals surface area contributed by atoms with Crippen LogP contribution in [0.1, 0.15) is 492 Å². The van der Waals surface area contributed by atoms with Gasteiger partial charge in [-0.05, 0) is 114 Å². The highest BCUT2D eigenvalue weighted by Crippen LogP contribution is 2.48. The van der Waals surface area contributed by atoms with Crippen molar-refractivity contribution in [1.82, 2.24) is 15.1 Å². The summed E-state index contributed by atoms with van der Waals surface area (Å²) < 4.78 is 51.2. The molecule has 0 aliphatic heterocycles. The van der Waals surface area contributed by atoms with Crippen molar-refractivity contribution in [2.75, 3.05) is 83.0 Å². The third kappa shape index (κ3) is 80.0. The second kappa shape index (κ2) is 84.0. The largest absolute Gasteiger partial charge is 0.317 e. The lowest BCUT2D eigenvalue weighted by atomic mass is 9.98. The molecule has 3 aliphatic rings. The normalized spacial score (nSPS) is 18.1. The second-order valence-electron chi connectivity index (χ2n) is 36.3. The second-order valence-corrected chi connectivity index (χ2v) is 45.0. The van der Waals surface area contributed by atoms with Gasteiger partial charge in [0.25, 0.3) is 20.2 Å². The first-order valence-electron chi connectivity index (χ1n) is 49.8. The first-order valence-corrected chi connectivity index (χ1v) is 58.4. The standard InChI is InChI=1S/C62H124N2S2.C29H59N.C6H14O6S4.CH4/c1-7-11-15-19-23-31-39-47-61(49-41-33-25-29-37-45-59-55-57(59)43-35-27-21-17-13-9-3)63(5)51-53-65-66-54-52-64(6)62(48-40-32-24-20-16-12-8-2)50-42-34-26-30-38-46-60-56-58(60)44-36-28-22-18-14-10-4;1-4-6-8-10-12-16-20-24-29(30-3)25-21-17-13-15-19-23-28-26-27(28)22-18-14-11-9-7-5-2;1-15(7,8)11-3-5-13-14-6-4-12-16(2,9)10;/h57-62H,7-56H2,1-6H3;27-30H,4-26H2,1-3H3;3-6H2,1-2H3;1H4. The molecule has 0 aromatic heterocycles. The Balaban J connectivity index is 0.00000217. The molecule has 9 atom stereocenters. The number of rotatable bonds is 88. The van der Waals surface area contributed by atoms with E-state index in [4.69, 9.17) is 0 Å². The monoisotopic (exact) mass is 1710 g/mol. The Morgan fingerprint density at radius 3 is 0.681 bits per heavy atom. The molecule has 113 heavy (non-hydrogen) atoms. The van der Waals surface area contributed by atoms with E-state index in [0.717, 1.165) is 66.1 Å². The van der Waals surface area contributed by atoms with Gasteiger partial charge in [-0.2, -0.15) is 16.8 Å². The van der Waals surface area contributed by atoms with Crippen LogP contribution in [0.2, 0.25) is 0 Å². The van der Waals surface area contributed by atoms with Gasteiger partial charge in [0.05, 0.1) is 25.7 Å². The molecule has 680 valence electrons. The zero-order valence-corrected chi connectivity index (χ0v) is 81.8. The molecule has 3 aliphatic carbocycles. The molecule has 0 aromatic carbocycles. The van der Waals surface area contributed by atoms with Crippen molar-refractivity contribution < 1.29 is 25.2 Å².